The number of benzene rings is 1. The van der Waals surface area contributed by atoms with Gasteiger partial charge in [0.15, 0.2) is 5.78 Å². The average molecular weight is 234 g/mol. The van der Waals surface area contributed by atoms with Crippen LogP contribution in [0.5, 0.6) is 0 Å². The maximum atomic E-state index is 12.6. The number of nitrogens with two attached hydrogens (primary N) is 1. The van der Waals surface area contributed by atoms with Crippen molar-refractivity contribution in [2.24, 2.45) is 5.73 Å². The van der Waals surface area contributed by atoms with E-state index < -0.39 is 17.8 Å². The summed E-state index contributed by atoms with van der Waals surface area (Å²) in [7, 11) is 0. The van der Waals surface area contributed by atoms with Crippen LogP contribution in [0.1, 0.15) is 28.8 Å². The molecule has 0 spiro atoms. The summed E-state index contributed by atoms with van der Waals surface area (Å²) in [6.45, 7) is 0.133. The molecule has 0 aliphatic heterocycles. The number of alkyl halides is 2. The Hall–Kier alpha value is -1.00. The molecule has 0 radical (unpaired) electrons. The summed E-state index contributed by atoms with van der Waals surface area (Å²) in [5.74, 6) is -0.407. The first-order chi connectivity index (χ1) is 7.07. The standard InChI is InChI=1S/C10H10ClF2NO/c11-7-3-1-2-6(8(15)4-5-14)9(7)10(12)13/h1-3,10H,4-5,14H2. The molecule has 0 aliphatic carbocycles. The number of halogens is 3. The van der Waals surface area contributed by atoms with Gasteiger partial charge in [-0.05, 0) is 12.6 Å². The first-order valence-corrected chi connectivity index (χ1v) is 4.75. The highest BCUT2D eigenvalue weighted by Crippen LogP contribution is 2.30. The van der Waals surface area contributed by atoms with E-state index in [0.29, 0.717) is 0 Å². The number of carbonyl (C=O) groups excluding carboxylic acids is 1. The molecule has 0 saturated heterocycles. The minimum Gasteiger partial charge on any atom is -0.330 e. The molecule has 1 aromatic rings. The maximum Gasteiger partial charge on any atom is 0.265 e. The maximum absolute atomic E-state index is 12.6. The molecular formula is C10H10ClF2NO. The summed E-state index contributed by atoms with van der Waals surface area (Å²) in [5, 5.41) is -0.0899. The van der Waals surface area contributed by atoms with Crippen molar-refractivity contribution >= 4 is 17.4 Å². The minimum absolute atomic E-state index is 0.0389. The van der Waals surface area contributed by atoms with Gasteiger partial charge < -0.3 is 5.73 Å². The van der Waals surface area contributed by atoms with E-state index in [9.17, 15) is 13.6 Å². The third kappa shape index (κ3) is 2.73. The zero-order chi connectivity index (χ0) is 11.4. The average Bonchev–Trinajstić information content (AvgIpc) is 2.17. The number of ketones is 1. The molecule has 0 atom stereocenters. The molecule has 15 heavy (non-hydrogen) atoms. The van der Waals surface area contributed by atoms with Crippen LogP contribution in [-0.2, 0) is 0 Å². The second-order valence-corrected chi connectivity index (χ2v) is 3.37. The molecule has 0 amide bonds. The van der Waals surface area contributed by atoms with E-state index in [1.54, 1.807) is 0 Å². The van der Waals surface area contributed by atoms with Crippen LogP contribution in [0.15, 0.2) is 18.2 Å². The summed E-state index contributed by atoms with van der Waals surface area (Å²) < 4.78 is 25.2. The molecule has 0 heterocycles. The molecule has 82 valence electrons. The van der Waals surface area contributed by atoms with Gasteiger partial charge in [-0.25, -0.2) is 8.78 Å². The molecule has 5 heteroatoms. The lowest BCUT2D eigenvalue weighted by atomic mass is 10.0. The van der Waals surface area contributed by atoms with E-state index in [1.807, 2.05) is 0 Å². The molecule has 1 rings (SSSR count). The van der Waals surface area contributed by atoms with Crippen molar-refractivity contribution < 1.29 is 13.6 Å². The number of hydrogen-bond acceptors (Lipinski definition) is 2. The molecule has 0 bridgehead atoms. The monoisotopic (exact) mass is 233 g/mol. The van der Waals surface area contributed by atoms with Gasteiger partial charge in [0.1, 0.15) is 0 Å². The van der Waals surface area contributed by atoms with Gasteiger partial charge in [0, 0.05) is 17.5 Å². The Bertz CT molecular complexity index is 368. The Morgan fingerprint density at radius 1 is 1.47 bits per heavy atom. The SMILES string of the molecule is NCCC(=O)c1cccc(Cl)c1C(F)F. The number of Topliss-reactive ketones (excluding diaryl/α,β-unsaturated/α-hetero) is 1. The van der Waals surface area contributed by atoms with E-state index >= 15 is 0 Å². The van der Waals surface area contributed by atoms with Gasteiger partial charge in [0.25, 0.3) is 6.43 Å². The summed E-state index contributed by atoms with van der Waals surface area (Å²) in [6, 6.07) is 4.14. The summed E-state index contributed by atoms with van der Waals surface area (Å²) in [6.07, 6.45) is -2.71. The Kier molecular flexibility index (Phi) is 4.17. The zero-order valence-corrected chi connectivity index (χ0v) is 8.60. The van der Waals surface area contributed by atoms with Gasteiger partial charge in [-0.3, -0.25) is 4.79 Å². The fraction of sp³-hybridized carbons (Fsp3) is 0.300. The van der Waals surface area contributed by atoms with Crippen molar-refractivity contribution in [2.45, 2.75) is 12.8 Å². The highest BCUT2D eigenvalue weighted by molar-refractivity contribution is 6.32. The van der Waals surface area contributed by atoms with Gasteiger partial charge in [-0.1, -0.05) is 23.7 Å². The van der Waals surface area contributed by atoms with Crippen molar-refractivity contribution in [3.05, 3.63) is 34.3 Å². The van der Waals surface area contributed by atoms with E-state index in [1.165, 1.54) is 18.2 Å². The van der Waals surface area contributed by atoms with E-state index in [2.05, 4.69) is 0 Å². The third-order valence-corrected chi connectivity index (χ3v) is 2.27. The van der Waals surface area contributed by atoms with Crippen LogP contribution >= 0.6 is 11.6 Å². The Morgan fingerprint density at radius 3 is 2.67 bits per heavy atom. The van der Waals surface area contributed by atoms with Crippen LogP contribution < -0.4 is 5.73 Å². The Labute approximate surface area is 91.0 Å². The lowest BCUT2D eigenvalue weighted by molar-refractivity contribution is 0.0971. The van der Waals surface area contributed by atoms with Gasteiger partial charge in [0.2, 0.25) is 0 Å². The van der Waals surface area contributed by atoms with Gasteiger partial charge in [-0.15, -0.1) is 0 Å². The quantitative estimate of drug-likeness (QED) is 0.813. The predicted molar refractivity (Wildman–Crippen MR) is 54.4 cm³/mol. The number of hydrogen-bond donors (Lipinski definition) is 1. The highest BCUT2D eigenvalue weighted by atomic mass is 35.5. The first kappa shape index (κ1) is 12.1. The van der Waals surface area contributed by atoms with Gasteiger partial charge in [0.05, 0.1) is 5.02 Å². The molecule has 2 N–H and O–H groups in total. The Morgan fingerprint density at radius 2 is 2.13 bits per heavy atom. The number of rotatable bonds is 4. The van der Waals surface area contributed by atoms with Gasteiger partial charge in [-0.2, -0.15) is 0 Å². The Balaban J connectivity index is 3.17. The van der Waals surface area contributed by atoms with Crippen LogP contribution in [0.25, 0.3) is 0 Å². The molecule has 0 aromatic heterocycles. The van der Waals surface area contributed by atoms with Crippen LogP contribution in [0.2, 0.25) is 5.02 Å². The van der Waals surface area contributed by atoms with Crippen LogP contribution in [0.3, 0.4) is 0 Å². The first-order valence-electron chi connectivity index (χ1n) is 4.37. The van der Waals surface area contributed by atoms with E-state index in [-0.39, 0.29) is 23.6 Å². The van der Waals surface area contributed by atoms with Crippen LogP contribution in [0, 0.1) is 0 Å². The lowest BCUT2D eigenvalue weighted by Crippen LogP contribution is -2.10. The lowest BCUT2D eigenvalue weighted by Gasteiger charge is -2.08. The smallest absolute Gasteiger partial charge is 0.265 e. The predicted octanol–water partition coefficient (Wildman–Crippen LogP) is 2.81. The summed E-state index contributed by atoms with van der Waals surface area (Å²) >= 11 is 5.61. The molecule has 0 fully saturated rings. The van der Waals surface area contributed by atoms with Crippen molar-refractivity contribution in [2.75, 3.05) is 6.54 Å². The molecule has 0 saturated carbocycles. The molecular weight excluding hydrogens is 224 g/mol. The molecule has 0 unspecified atom stereocenters. The topological polar surface area (TPSA) is 43.1 Å². The van der Waals surface area contributed by atoms with Crippen molar-refractivity contribution in [3.8, 4) is 0 Å². The molecule has 1 aromatic carbocycles. The van der Waals surface area contributed by atoms with Crippen molar-refractivity contribution in [1.29, 1.82) is 0 Å². The van der Waals surface area contributed by atoms with E-state index in [0.717, 1.165) is 0 Å². The fourth-order valence-corrected chi connectivity index (χ4v) is 1.52. The van der Waals surface area contributed by atoms with Gasteiger partial charge >= 0.3 is 0 Å². The van der Waals surface area contributed by atoms with Crippen molar-refractivity contribution in [3.63, 3.8) is 0 Å². The largest absolute Gasteiger partial charge is 0.330 e. The second kappa shape index (κ2) is 5.19. The summed E-state index contributed by atoms with van der Waals surface area (Å²) in [5.41, 5.74) is 4.75. The van der Waals surface area contributed by atoms with Crippen molar-refractivity contribution in [1.82, 2.24) is 0 Å². The summed E-state index contributed by atoms with van der Waals surface area (Å²) in [4.78, 5) is 11.5. The van der Waals surface area contributed by atoms with E-state index in [4.69, 9.17) is 17.3 Å². The molecule has 2 nitrogen and oxygen atoms in total. The third-order valence-electron chi connectivity index (χ3n) is 1.94. The highest BCUT2D eigenvalue weighted by Gasteiger charge is 2.20. The second-order valence-electron chi connectivity index (χ2n) is 2.96. The molecule has 0 aliphatic rings. The normalized spacial score (nSPS) is 10.7. The van der Waals surface area contributed by atoms with Crippen LogP contribution in [0.4, 0.5) is 8.78 Å². The number of carbonyl (C=O) groups is 1. The fourth-order valence-electron chi connectivity index (χ4n) is 1.27. The van der Waals surface area contributed by atoms with Crippen LogP contribution in [-0.4, -0.2) is 12.3 Å². The zero-order valence-electron chi connectivity index (χ0n) is 7.84. The minimum atomic E-state index is -2.75.